The quantitative estimate of drug-likeness (QED) is 0.501. The highest BCUT2D eigenvalue weighted by Crippen LogP contribution is 2.36. The first kappa shape index (κ1) is 21.4. The third-order valence-corrected chi connectivity index (χ3v) is 7.11. The number of oxazole rings is 1. The maximum atomic E-state index is 13.4. The van der Waals surface area contributed by atoms with Gasteiger partial charge in [-0.15, -0.1) is 0 Å². The second-order valence-corrected chi connectivity index (χ2v) is 9.58. The van der Waals surface area contributed by atoms with Crippen molar-refractivity contribution >= 4 is 15.7 Å². The number of piperidine rings is 1. The van der Waals surface area contributed by atoms with E-state index < -0.39 is 15.7 Å². The first-order valence-corrected chi connectivity index (χ1v) is 11.9. The second kappa shape index (κ2) is 8.70. The number of benzene rings is 2. The van der Waals surface area contributed by atoms with Crippen LogP contribution in [0.3, 0.4) is 0 Å². The fraction of sp³-hybridized carbons (Fsp3) is 0.348. The Labute approximate surface area is 181 Å². The second-order valence-electron chi connectivity index (χ2n) is 7.71. The van der Waals surface area contributed by atoms with Crippen LogP contribution < -0.4 is 9.64 Å². The molecule has 3 aromatic rings. The maximum Gasteiger partial charge on any atom is 0.236 e. The van der Waals surface area contributed by atoms with Crippen molar-refractivity contribution in [1.82, 2.24) is 4.98 Å². The van der Waals surface area contributed by atoms with Gasteiger partial charge in [-0.25, -0.2) is 12.8 Å². The van der Waals surface area contributed by atoms with E-state index >= 15 is 0 Å². The monoisotopic (exact) mass is 444 g/mol. The highest BCUT2D eigenvalue weighted by molar-refractivity contribution is 7.91. The third kappa shape index (κ3) is 4.44. The van der Waals surface area contributed by atoms with Crippen LogP contribution in [0.2, 0.25) is 0 Å². The molecule has 8 heteroatoms. The highest BCUT2D eigenvalue weighted by Gasteiger charge is 2.32. The van der Waals surface area contributed by atoms with E-state index in [0.29, 0.717) is 36.9 Å². The SMILES string of the molecule is CCOc1ccc(-c2nc(S(=O)(=O)c3ccc(F)cc3)c(N3CCC(C)CC3)o2)cc1. The summed E-state index contributed by atoms with van der Waals surface area (Å²) in [6, 6.07) is 11.9. The van der Waals surface area contributed by atoms with Crippen molar-refractivity contribution < 1.29 is 22.0 Å². The van der Waals surface area contributed by atoms with Crippen LogP contribution in [0.5, 0.6) is 5.75 Å². The zero-order valence-corrected chi connectivity index (χ0v) is 18.4. The van der Waals surface area contributed by atoms with Crippen LogP contribution in [-0.2, 0) is 9.84 Å². The molecule has 1 aromatic heterocycles. The highest BCUT2D eigenvalue weighted by atomic mass is 32.2. The molecule has 0 atom stereocenters. The molecule has 0 amide bonds. The van der Waals surface area contributed by atoms with Gasteiger partial charge < -0.3 is 14.1 Å². The molecule has 0 unspecified atom stereocenters. The molecular formula is C23H25FN2O4S. The van der Waals surface area contributed by atoms with Crippen LogP contribution in [0.25, 0.3) is 11.5 Å². The zero-order valence-electron chi connectivity index (χ0n) is 17.5. The summed E-state index contributed by atoms with van der Waals surface area (Å²) in [4.78, 5) is 6.30. The number of hydrogen-bond acceptors (Lipinski definition) is 6. The van der Waals surface area contributed by atoms with E-state index in [1.807, 2.05) is 11.8 Å². The van der Waals surface area contributed by atoms with Crippen molar-refractivity contribution in [2.24, 2.45) is 5.92 Å². The Morgan fingerprint density at radius 1 is 1.10 bits per heavy atom. The summed E-state index contributed by atoms with van der Waals surface area (Å²) in [5.41, 5.74) is 0.649. The van der Waals surface area contributed by atoms with Gasteiger partial charge in [-0.2, -0.15) is 4.98 Å². The molecule has 164 valence electrons. The largest absolute Gasteiger partial charge is 0.494 e. The van der Waals surface area contributed by atoms with Crippen molar-refractivity contribution in [3.63, 3.8) is 0 Å². The van der Waals surface area contributed by atoms with Crippen LogP contribution in [0.15, 0.2) is 62.9 Å². The van der Waals surface area contributed by atoms with Gasteiger partial charge in [-0.1, -0.05) is 6.92 Å². The smallest absolute Gasteiger partial charge is 0.236 e. The van der Waals surface area contributed by atoms with Gasteiger partial charge >= 0.3 is 0 Å². The van der Waals surface area contributed by atoms with E-state index in [2.05, 4.69) is 11.9 Å². The van der Waals surface area contributed by atoms with Gasteiger partial charge in [0.25, 0.3) is 0 Å². The van der Waals surface area contributed by atoms with Crippen LogP contribution in [0.4, 0.5) is 10.3 Å². The molecular weight excluding hydrogens is 419 g/mol. The minimum absolute atomic E-state index is 0.0212. The molecule has 0 N–H and O–H groups in total. The molecule has 1 fully saturated rings. The lowest BCUT2D eigenvalue weighted by molar-refractivity contribution is 0.340. The van der Waals surface area contributed by atoms with E-state index in [1.165, 1.54) is 12.1 Å². The first-order chi connectivity index (χ1) is 14.9. The fourth-order valence-electron chi connectivity index (χ4n) is 3.59. The Hall–Kier alpha value is -2.87. The molecule has 1 aliphatic heterocycles. The number of hydrogen-bond donors (Lipinski definition) is 0. The minimum atomic E-state index is -3.99. The molecule has 0 saturated carbocycles. The molecule has 2 heterocycles. The summed E-state index contributed by atoms with van der Waals surface area (Å²) < 4.78 is 51.6. The zero-order chi connectivity index (χ0) is 22.0. The summed E-state index contributed by atoms with van der Waals surface area (Å²) in [5, 5.41) is -0.141. The van der Waals surface area contributed by atoms with Crippen molar-refractivity contribution in [2.75, 3.05) is 24.6 Å². The molecule has 0 spiro atoms. The fourth-order valence-corrected chi connectivity index (χ4v) is 4.92. The molecule has 1 aliphatic rings. The van der Waals surface area contributed by atoms with Crippen molar-refractivity contribution in [3.8, 4) is 17.2 Å². The van der Waals surface area contributed by atoms with Crippen molar-refractivity contribution in [3.05, 3.63) is 54.3 Å². The molecule has 4 rings (SSSR count). The summed E-state index contributed by atoms with van der Waals surface area (Å²) >= 11 is 0. The molecule has 0 radical (unpaired) electrons. The average molecular weight is 445 g/mol. The van der Waals surface area contributed by atoms with Crippen molar-refractivity contribution in [1.29, 1.82) is 0 Å². The van der Waals surface area contributed by atoms with E-state index in [9.17, 15) is 12.8 Å². The lowest BCUT2D eigenvalue weighted by Crippen LogP contribution is -2.33. The lowest BCUT2D eigenvalue weighted by atomic mass is 9.99. The number of anilines is 1. The van der Waals surface area contributed by atoms with Crippen LogP contribution in [0, 0.1) is 11.7 Å². The van der Waals surface area contributed by atoms with Gasteiger partial charge in [-0.3, -0.25) is 0 Å². The number of rotatable bonds is 6. The summed E-state index contributed by atoms with van der Waals surface area (Å²) in [5.74, 6) is 1.24. The molecule has 31 heavy (non-hydrogen) atoms. The van der Waals surface area contributed by atoms with Crippen LogP contribution in [0.1, 0.15) is 26.7 Å². The molecule has 2 aromatic carbocycles. The lowest BCUT2D eigenvalue weighted by Gasteiger charge is -2.30. The Kier molecular flexibility index (Phi) is 6.00. The van der Waals surface area contributed by atoms with E-state index in [-0.39, 0.29) is 21.7 Å². The van der Waals surface area contributed by atoms with Gasteiger partial charge in [0.15, 0.2) is 0 Å². The van der Waals surface area contributed by atoms with Gasteiger partial charge in [-0.05, 0) is 74.2 Å². The number of halogens is 1. The number of ether oxygens (including phenoxy) is 1. The first-order valence-electron chi connectivity index (χ1n) is 10.4. The molecule has 1 saturated heterocycles. The predicted octanol–water partition coefficient (Wildman–Crippen LogP) is 4.95. The Morgan fingerprint density at radius 2 is 1.74 bits per heavy atom. The number of nitrogens with zero attached hydrogens (tertiary/aromatic N) is 2. The van der Waals surface area contributed by atoms with E-state index in [0.717, 1.165) is 25.0 Å². The molecule has 0 aliphatic carbocycles. The maximum absolute atomic E-state index is 13.4. The van der Waals surface area contributed by atoms with Gasteiger partial charge in [0.1, 0.15) is 11.6 Å². The normalized spacial score (nSPS) is 15.3. The minimum Gasteiger partial charge on any atom is -0.494 e. The van der Waals surface area contributed by atoms with Crippen LogP contribution in [-0.4, -0.2) is 33.1 Å². The third-order valence-electron chi connectivity index (χ3n) is 5.44. The summed E-state index contributed by atoms with van der Waals surface area (Å²) in [6.45, 7) is 6.01. The van der Waals surface area contributed by atoms with Gasteiger partial charge in [0, 0.05) is 18.7 Å². The van der Waals surface area contributed by atoms with Crippen LogP contribution >= 0.6 is 0 Å². The topological polar surface area (TPSA) is 72.6 Å². The summed E-state index contributed by atoms with van der Waals surface area (Å²) in [6.07, 6.45) is 1.88. The average Bonchev–Trinajstić information content (AvgIpc) is 3.22. The predicted molar refractivity (Wildman–Crippen MR) is 116 cm³/mol. The Bertz CT molecular complexity index is 1130. The van der Waals surface area contributed by atoms with E-state index in [4.69, 9.17) is 9.15 Å². The van der Waals surface area contributed by atoms with E-state index in [1.54, 1.807) is 24.3 Å². The summed E-state index contributed by atoms with van der Waals surface area (Å²) in [7, 11) is -3.99. The number of aromatic nitrogens is 1. The number of sulfone groups is 1. The molecule has 0 bridgehead atoms. The van der Waals surface area contributed by atoms with Gasteiger partial charge in [0.2, 0.25) is 26.6 Å². The standard InChI is InChI=1S/C23H25FN2O4S/c1-3-29-19-8-4-17(5-9-19)21-25-22(23(30-21)26-14-12-16(2)13-15-26)31(27,28)20-10-6-18(24)7-11-20/h4-11,16H,3,12-15H2,1-2H3. The molecule has 6 nitrogen and oxygen atoms in total. The van der Waals surface area contributed by atoms with Crippen molar-refractivity contribution in [2.45, 2.75) is 36.6 Å². The Morgan fingerprint density at radius 3 is 2.35 bits per heavy atom. The Balaban J connectivity index is 1.77. The van der Waals surface area contributed by atoms with Gasteiger partial charge in [0.05, 0.1) is 11.5 Å².